The fraction of sp³-hybridized carbons (Fsp3) is 0.609. The first-order valence-electron chi connectivity index (χ1n) is 10.3. The van der Waals surface area contributed by atoms with Crippen LogP contribution in [-0.2, 0) is 5.88 Å². The van der Waals surface area contributed by atoms with E-state index in [4.69, 9.17) is 0 Å². The van der Waals surface area contributed by atoms with Crippen molar-refractivity contribution in [1.29, 1.82) is 0 Å². The zero-order valence-electron chi connectivity index (χ0n) is 16.3. The molecular weight excluding hydrogens is 322 g/mol. The molecule has 2 heteroatoms. The largest absolute Gasteiger partial charge is 0.213 e. The third kappa shape index (κ3) is 7.81. The summed E-state index contributed by atoms with van der Waals surface area (Å²) in [7, 11) is 0. The molecule has 0 spiro atoms. The average Bonchev–Trinajstić information content (AvgIpc) is 2.62. The van der Waals surface area contributed by atoms with E-state index < -0.39 is 0 Å². The lowest BCUT2D eigenvalue weighted by atomic mass is 10.1. The Morgan fingerprint density at radius 1 is 0.840 bits per heavy atom. The smallest absolute Gasteiger partial charge is 0.189 e. The number of hydrogen-bond acceptors (Lipinski definition) is 1. The summed E-state index contributed by atoms with van der Waals surface area (Å²) in [5.41, 5.74) is 2.69. The van der Waals surface area contributed by atoms with Gasteiger partial charge >= 0.3 is 0 Å². The van der Waals surface area contributed by atoms with E-state index in [0.717, 1.165) is 5.88 Å². The van der Waals surface area contributed by atoms with E-state index in [0.29, 0.717) is 0 Å². The number of thioether (sulfide) groups is 1. The minimum atomic E-state index is 1.07. The van der Waals surface area contributed by atoms with Crippen LogP contribution in [0.1, 0.15) is 76.7 Å². The molecule has 0 unspecified atom stereocenters. The van der Waals surface area contributed by atoms with Gasteiger partial charge in [-0.25, -0.2) is 0 Å². The van der Waals surface area contributed by atoms with E-state index in [1.807, 2.05) is 0 Å². The van der Waals surface area contributed by atoms with Gasteiger partial charge in [0.05, 0.1) is 0 Å². The molecule has 0 amide bonds. The molecular formula is C23H36NS+. The van der Waals surface area contributed by atoms with Crippen LogP contribution in [0.25, 0.3) is 10.9 Å². The van der Waals surface area contributed by atoms with Crippen LogP contribution in [0.3, 0.4) is 0 Å². The number of rotatable bonds is 13. The Morgan fingerprint density at radius 3 is 2.24 bits per heavy atom. The van der Waals surface area contributed by atoms with E-state index >= 15 is 0 Å². The molecule has 0 saturated heterocycles. The lowest BCUT2D eigenvalue weighted by Crippen LogP contribution is -2.32. The van der Waals surface area contributed by atoms with Gasteiger partial charge in [0.15, 0.2) is 12.1 Å². The molecule has 0 atom stereocenters. The number of fused-ring (bicyclic) bond motifs is 1. The third-order valence-electron chi connectivity index (χ3n) is 4.91. The summed E-state index contributed by atoms with van der Waals surface area (Å²) in [5.74, 6) is 2.35. The second-order valence-corrected chi connectivity index (χ2v) is 8.33. The fourth-order valence-electron chi connectivity index (χ4n) is 3.37. The summed E-state index contributed by atoms with van der Waals surface area (Å²) in [5, 5.41) is 1.35. The van der Waals surface area contributed by atoms with Crippen LogP contribution in [-0.4, -0.2) is 5.75 Å². The molecule has 2 rings (SSSR count). The normalized spacial score (nSPS) is 11.3. The maximum absolute atomic E-state index is 2.38. The van der Waals surface area contributed by atoms with Crippen LogP contribution in [0.15, 0.2) is 36.5 Å². The molecule has 1 aromatic carbocycles. The number of benzene rings is 1. The highest BCUT2D eigenvalue weighted by Gasteiger charge is 2.07. The van der Waals surface area contributed by atoms with Crippen LogP contribution in [0.4, 0.5) is 0 Å². The van der Waals surface area contributed by atoms with Gasteiger partial charge in [0.25, 0.3) is 0 Å². The quantitative estimate of drug-likeness (QED) is 0.274. The number of aromatic nitrogens is 1. The average molecular weight is 359 g/mol. The Bertz CT molecular complexity index is 608. The molecule has 1 heterocycles. The van der Waals surface area contributed by atoms with Gasteiger partial charge in [-0.05, 0) is 31.2 Å². The van der Waals surface area contributed by atoms with Crippen LogP contribution in [0.5, 0.6) is 0 Å². The lowest BCUT2D eigenvalue weighted by molar-refractivity contribution is -0.649. The molecule has 2 aromatic rings. The molecule has 0 radical (unpaired) electrons. The molecule has 0 aliphatic rings. The number of unbranched alkanes of at least 4 members (excludes halogenated alkanes) is 9. The fourth-order valence-corrected chi connectivity index (χ4v) is 4.33. The van der Waals surface area contributed by atoms with Gasteiger partial charge in [0, 0.05) is 17.5 Å². The molecule has 0 aliphatic heterocycles. The number of nitrogens with zero attached hydrogens (tertiary/aromatic N) is 1. The van der Waals surface area contributed by atoms with Gasteiger partial charge in [0.1, 0.15) is 0 Å². The van der Waals surface area contributed by atoms with Gasteiger partial charge in [0.2, 0.25) is 5.52 Å². The monoisotopic (exact) mass is 358 g/mol. The predicted octanol–water partition coefficient (Wildman–Crippen LogP) is 7.05. The molecule has 0 bridgehead atoms. The first-order chi connectivity index (χ1) is 12.3. The van der Waals surface area contributed by atoms with Crippen molar-refractivity contribution >= 4 is 22.7 Å². The first-order valence-corrected chi connectivity index (χ1v) is 11.4. The number of aryl methyl sites for hydroxylation is 1. The Morgan fingerprint density at radius 2 is 1.52 bits per heavy atom. The Balaban J connectivity index is 1.54. The molecule has 138 valence electrons. The third-order valence-corrected chi connectivity index (χ3v) is 5.94. The van der Waals surface area contributed by atoms with Crippen molar-refractivity contribution in [2.24, 2.45) is 0 Å². The number of pyridine rings is 1. The highest BCUT2D eigenvalue weighted by Crippen LogP contribution is 2.15. The van der Waals surface area contributed by atoms with Gasteiger partial charge in [-0.2, -0.15) is 4.57 Å². The lowest BCUT2D eigenvalue weighted by Gasteiger charge is -2.03. The standard InChI is InChI=1S/C23H36NS/c1-3-4-5-6-7-8-9-10-11-12-18-25-20-24-17-13-14-22-19-21(2)15-16-23(22)24/h13-17,19H,3-12,18,20H2,1-2H3/q+1. The Kier molecular flexibility index (Phi) is 10.0. The van der Waals surface area contributed by atoms with Gasteiger partial charge < -0.3 is 0 Å². The SMILES string of the molecule is CCCCCCCCCCCCSC[n+]1cccc2cc(C)ccc21. The maximum Gasteiger partial charge on any atom is 0.213 e. The minimum absolute atomic E-state index is 1.07. The maximum atomic E-state index is 2.38. The molecule has 0 N–H and O–H groups in total. The van der Waals surface area contributed by atoms with Crippen molar-refractivity contribution in [3.8, 4) is 0 Å². The van der Waals surface area contributed by atoms with E-state index in [2.05, 4.69) is 66.7 Å². The zero-order valence-corrected chi connectivity index (χ0v) is 17.1. The highest BCUT2D eigenvalue weighted by molar-refractivity contribution is 7.98. The van der Waals surface area contributed by atoms with E-state index in [1.54, 1.807) is 0 Å². The molecule has 0 saturated carbocycles. The van der Waals surface area contributed by atoms with E-state index in [1.165, 1.54) is 86.4 Å². The van der Waals surface area contributed by atoms with E-state index in [-0.39, 0.29) is 0 Å². The second kappa shape index (κ2) is 12.4. The van der Waals surface area contributed by atoms with Crippen molar-refractivity contribution in [3.63, 3.8) is 0 Å². The van der Waals surface area contributed by atoms with Gasteiger partial charge in [-0.15, -0.1) is 0 Å². The van der Waals surface area contributed by atoms with Crippen molar-refractivity contribution in [3.05, 3.63) is 42.1 Å². The van der Waals surface area contributed by atoms with Crippen molar-refractivity contribution < 1.29 is 4.57 Å². The van der Waals surface area contributed by atoms with Crippen LogP contribution in [0, 0.1) is 6.92 Å². The summed E-state index contributed by atoms with van der Waals surface area (Å²) < 4.78 is 2.38. The minimum Gasteiger partial charge on any atom is -0.189 e. The van der Waals surface area contributed by atoms with Crippen molar-refractivity contribution in [2.45, 2.75) is 83.9 Å². The topological polar surface area (TPSA) is 3.88 Å². The first kappa shape index (κ1) is 20.3. The van der Waals surface area contributed by atoms with Crippen LogP contribution < -0.4 is 4.57 Å². The summed E-state index contributed by atoms with van der Waals surface area (Å²) in [6, 6.07) is 11.1. The Labute approximate surface area is 159 Å². The summed E-state index contributed by atoms with van der Waals surface area (Å²) >= 11 is 2.07. The summed E-state index contributed by atoms with van der Waals surface area (Å²) in [6.07, 6.45) is 16.4. The predicted molar refractivity (Wildman–Crippen MR) is 113 cm³/mol. The van der Waals surface area contributed by atoms with Crippen LogP contribution in [0.2, 0.25) is 0 Å². The van der Waals surface area contributed by atoms with Crippen LogP contribution >= 0.6 is 11.8 Å². The summed E-state index contributed by atoms with van der Waals surface area (Å²) in [4.78, 5) is 0. The van der Waals surface area contributed by atoms with Gasteiger partial charge in [-0.3, -0.25) is 0 Å². The molecule has 1 nitrogen and oxygen atoms in total. The zero-order chi connectivity index (χ0) is 17.7. The van der Waals surface area contributed by atoms with Crippen molar-refractivity contribution in [2.75, 3.05) is 5.75 Å². The molecule has 0 aliphatic carbocycles. The molecule has 1 aromatic heterocycles. The van der Waals surface area contributed by atoms with Crippen molar-refractivity contribution in [1.82, 2.24) is 0 Å². The van der Waals surface area contributed by atoms with Gasteiger partial charge in [-0.1, -0.05) is 88.1 Å². The number of hydrogen-bond donors (Lipinski definition) is 0. The van der Waals surface area contributed by atoms with E-state index in [9.17, 15) is 0 Å². The molecule has 0 fully saturated rings. The highest BCUT2D eigenvalue weighted by atomic mass is 32.2. The Hall–Kier alpha value is -1.02. The molecule has 25 heavy (non-hydrogen) atoms. The summed E-state index contributed by atoms with van der Waals surface area (Å²) in [6.45, 7) is 4.45. The second-order valence-electron chi connectivity index (χ2n) is 7.26.